The second kappa shape index (κ2) is 5.75. The Hall–Kier alpha value is -1.44. The molecule has 118 valence electrons. The van der Waals surface area contributed by atoms with Gasteiger partial charge >= 0.3 is 5.69 Å². The number of hydrogen-bond acceptors (Lipinski definition) is 6. The summed E-state index contributed by atoms with van der Waals surface area (Å²) in [5.41, 5.74) is 4.40. The van der Waals surface area contributed by atoms with Crippen molar-refractivity contribution in [3.8, 4) is 0 Å². The van der Waals surface area contributed by atoms with Gasteiger partial charge in [-0.05, 0) is 26.1 Å². The molecule has 4 atom stereocenters. The van der Waals surface area contributed by atoms with Gasteiger partial charge in [0.25, 0.3) is 0 Å². The van der Waals surface area contributed by atoms with Gasteiger partial charge in [0.15, 0.2) is 0 Å². The molecule has 7 nitrogen and oxygen atoms in total. The molecule has 0 amide bonds. The molecule has 0 aliphatic carbocycles. The lowest BCUT2D eigenvalue weighted by Crippen LogP contribution is -2.48. The molecule has 1 saturated heterocycles. The molecule has 1 aromatic rings. The molecule has 1 aliphatic rings. The number of rotatable bonds is 4. The van der Waals surface area contributed by atoms with Crippen LogP contribution in [0.15, 0.2) is 17.1 Å². The molecule has 0 unspecified atom stereocenters. The van der Waals surface area contributed by atoms with Gasteiger partial charge in [0.05, 0.1) is 6.61 Å². The molecule has 2 rings (SSSR count). The first kappa shape index (κ1) is 15.9. The summed E-state index contributed by atoms with van der Waals surface area (Å²) < 4.78 is 7.58. The van der Waals surface area contributed by atoms with Gasteiger partial charge in [0.1, 0.15) is 17.6 Å². The fourth-order valence-electron chi connectivity index (χ4n) is 3.06. The summed E-state index contributed by atoms with van der Waals surface area (Å²) in [6.45, 7) is 4.55. The van der Waals surface area contributed by atoms with Crippen LogP contribution in [0.25, 0.3) is 0 Å². The van der Waals surface area contributed by atoms with E-state index in [9.17, 15) is 9.90 Å². The van der Waals surface area contributed by atoms with E-state index in [4.69, 9.17) is 10.5 Å². The highest BCUT2D eigenvalue weighted by molar-refractivity contribution is 5.23. The minimum atomic E-state index is -0.686. The van der Waals surface area contributed by atoms with Crippen LogP contribution >= 0.6 is 0 Å². The number of nitrogens with two attached hydrogens (primary N) is 1. The first-order valence-electron chi connectivity index (χ1n) is 7.09. The molecular formula is C14H24N4O3. The van der Waals surface area contributed by atoms with E-state index >= 15 is 0 Å². The molecule has 1 aliphatic heterocycles. The normalized spacial score (nSPS) is 32.8. The Morgan fingerprint density at radius 3 is 2.71 bits per heavy atom. The molecule has 3 N–H and O–H groups in total. The molecule has 0 aromatic carbocycles. The predicted molar refractivity (Wildman–Crippen MR) is 79.7 cm³/mol. The van der Waals surface area contributed by atoms with Crippen molar-refractivity contribution in [2.45, 2.75) is 25.7 Å². The van der Waals surface area contributed by atoms with Crippen molar-refractivity contribution in [2.75, 3.05) is 33.0 Å². The molecule has 1 fully saturated rings. The number of aromatic nitrogens is 2. The predicted octanol–water partition coefficient (Wildman–Crippen LogP) is -0.0808. The van der Waals surface area contributed by atoms with Crippen LogP contribution in [-0.2, 0) is 4.74 Å². The number of likely N-dealkylation sites (N-methyl/N-ethyl adjacent to an activating group) is 1. The van der Waals surface area contributed by atoms with Crippen LogP contribution in [0.4, 0.5) is 5.82 Å². The van der Waals surface area contributed by atoms with Crippen molar-refractivity contribution >= 4 is 5.82 Å². The fourth-order valence-corrected chi connectivity index (χ4v) is 3.06. The number of nitrogen functional groups attached to an aromatic ring is 1. The topological polar surface area (TPSA) is 93.6 Å². The zero-order valence-electron chi connectivity index (χ0n) is 13.0. The third-order valence-corrected chi connectivity index (χ3v) is 4.40. The molecule has 0 saturated carbocycles. The molecule has 21 heavy (non-hydrogen) atoms. The average molecular weight is 296 g/mol. The van der Waals surface area contributed by atoms with Gasteiger partial charge in [-0.1, -0.05) is 13.8 Å². The maximum atomic E-state index is 12.0. The number of hydrogen-bond donors (Lipinski definition) is 2. The van der Waals surface area contributed by atoms with E-state index in [-0.39, 0.29) is 24.3 Å². The Balaban J connectivity index is 2.37. The number of anilines is 1. The van der Waals surface area contributed by atoms with Crippen molar-refractivity contribution in [1.29, 1.82) is 0 Å². The first-order valence-corrected chi connectivity index (χ1v) is 7.09. The molecule has 0 radical (unpaired) electrons. The van der Waals surface area contributed by atoms with Crippen LogP contribution in [0.5, 0.6) is 0 Å². The highest BCUT2D eigenvalue weighted by Crippen LogP contribution is 2.45. The molecule has 2 heterocycles. The first-order chi connectivity index (χ1) is 9.80. The fraction of sp³-hybridized carbons (Fsp3) is 0.714. The van der Waals surface area contributed by atoms with Crippen molar-refractivity contribution in [2.24, 2.45) is 11.8 Å². The molecular weight excluding hydrogens is 272 g/mol. The second-order valence-corrected chi connectivity index (χ2v) is 6.16. The minimum Gasteiger partial charge on any atom is -0.393 e. The van der Waals surface area contributed by atoms with Crippen LogP contribution in [0.1, 0.15) is 20.1 Å². The number of aliphatic hydroxyl groups excluding tert-OH is 1. The Labute approximate surface area is 124 Å². The van der Waals surface area contributed by atoms with Crippen LogP contribution in [0, 0.1) is 11.8 Å². The van der Waals surface area contributed by atoms with Gasteiger partial charge in [-0.3, -0.25) is 4.57 Å². The summed E-state index contributed by atoms with van der Waals surface area (Å²) in [6, 6.07) is 1.58. The van der Waals surface area contributed by atoms with Gasteiger partial charge in [-0.2, -0.15) is 4.98 Å². The molecule has 0 spiro atoms. The molecule has 0 bridgehead atoms. The highest BCUT2D eigenvalue weighted by atomic mass is 16.5. The van der Waals surface area contributed by atoms with Crippen LogP contribution in [0.2, 0.25) is 0 Å². The van der Waals surface area contributed by atoms with Crippen LogP contribution in [0.3, 0.4) is 0 Å². The number of aliphatic hydroxyl groups is 1. The van der Waals surface area contributed by atoms with E-state index in [1.54, 1.807) is 12.3 Å². The van der Waals surface area contributed by atoms with Gasteiger partial charge in [-0.15, -0.1) is 0 Å². The Kier molecular flexibility index (Phi) is 4.36. The Bertz CT molecular complexity index is 559. The second-order valence-electron chi connectivity index (χ2n) is 6.16. The van der Waals surface area contributed by atoms with Crippen molar-refractivity contribution in [1.82, 2.24) is 14.5 Å². The van der Waals surface area contributed by atoms with Crippen molar-refractivity contribution in [3.63, 3.8) is 0 Å². The van der Waals surface area contributed by atoms with Gasteiger partial charge < -0.3 is 20.5 Å². The smallest absolute Gasteiger partial charge is 0.351 e. The lowest BCUT2D eigenvalue weighted by molar-refractivity contribution is -0.121. The largest absolute Gasteiger partial charge is 0.393 e. The third-order valence-electron chi connectivity index (χ3n) is 4.40. The minimum absolute atomic E-state index is 0.0697. The standard InChI is InChI=1S/C14H24N4O3/c1-9-10(2)14(8-19,7-17(3)4)21-12(9)18-6-5-11(15)16-13(18)20/h5-6,9-10,12,19H,7-8H2,1-4H3,(H2,15,16,20)/t9-,10+,12-,14-/m1/s1. The van der Waals surface area contributed by atoms with E-state index in [0.717, 1.165) is 0 Å². The maximum absolute atomic E-state index is 12.0. The van der Waals surface area contributed by atoms with Crippen molar-refractivity contribution in [3.05, 3.63) is 22.7 Å². The zero-order valence-corrected chi connectivity index (χ0v) is 13.0. The summed E-state index contributed by atoms with van der Waals surface area (Å²) >= 11 is 0. The summed E-state index contributed by atoms with van der Waals surface area (Å²) in [7, 11) is 3.87. The molecule has 7 heteroatoms. The van der Waals surface area contributed by atoms with Gasteiger partial charge in [-0.25, -0.2) is 4.79 Å². The van der Waals surface area contributed by atoms with Crippen LogP contribution in [-0.4, -0.2) is 52.4 Å². The quantitative estimate of drug-likeness (QED) is 0.807. The van der Waals surface area contributed by atoms with Gasteiger partial charge in [0.2, 0.25) is 0 Å². The van der Waals surface area contributed by atoms with E-state index in [1.807, 2.05) is 32.8 Å². The number of ether oxygens (including phenoxy) is 1. The lowest BCUT2D eigenvalue weighted by atomic mass is 9.82. The third kappa shape index (κ3) is 2.81. The maximum Gasteiger partial charge on any atom is 0.351 e. The Morgan fingerprint density at radius 2 is 2.19 bits per heavy atom. The SMILES string of the molecule is C[C@H]1[C@H](n2ccc(N)nc2=O)O[C@@](CO)(CN(C)C)[C@H]1C. The lowest BCUT2D eigenvalue weighted by Gasteiger charge is -2.34. The highest BCUT2D eigenvalue weighted by Gasteiger charge is 2.51. The van der Waals surface area contributed by atoms with Crippen molar-refractivity contribution < 1.29 is 9.84 Å². The summed E-state index contributed by atoms with van der Waals surface area (Å²) in [4.78, 5) is 17.7. The van der Waals surface area contributed by atoms with E-state index in [2.05, 4.69) is 4.98 Å². The van der Waals surface area contributed by atoms with Crippen LogP contribution < -0.4 is 11.4 Å². The van der Waals surface area contributed by atoms with Gasteiger partial charge in [0, 0.05) is 18.7 Å². The van der Waals surface area contributed by atoms with E-state index < -0.39 is 17.5 Å². The molecule has 1 aromatic heterocycles. The zero-order chi connectivity index (χ0) is 15.8. The summed E-state index contributed by atoms with van der Waals surface area (Å²) in [6.07, 6.45) is 1.15. The summed E-state index contributed by atoms with van der Waals surface area (Å²) in [5.74, 6) is 0.358. The number of nitrogens with zero attached hydrogens (tertiary/aromatic N) is 3. The van der Waals surface area contributed by atoms with E-state index in [0.29, 0.717) is 6.54 Å². The summed E-state index contributed by atoms with van der Waals surface area (Å²) in [5, 5.41) is 9.86. The van der Waals surface area contributed by atoms with E-state index in [1.165, 1.54) is 4.57 Å². The Morgan fingerprint density at radius 1 is 1.52 bits per heavy atom. The average Bonchev–Trinajstić information content (AvgIpc) is 2.64. The monoisotopic (exact) mass is 296 g/mol.